The fourth-order valence-electron chi connectivity index (χ4n) is 1.87. The normalized spacial score (nSPS) is 12.0. The van der Waals surface area contributed by atoms with E-state index in [0.29, 0.717) is 25.2 Å². The fraction of sp³-hybridized carbons (Fsp3) is 0.429. The average molecular weight is 372 g/mol. The van der Waals surface area contributed by atoms with Gasteiger partial charge in [0, 0.05) is 18.8 Å². The van der Waals surface area contributed by atoms with Crippen molar-refractivity contribution in [3.63, 3.8) is 0 Å². The van der Waals surface area contributed by atoms with Crippen molar-refractivity contribution < 1.29 is 31.1 Å². The van der Waals surface area contributed by atoms with Gasteiger partial charge in [0.05, 0.1) is 11.1 Å². The van der Waals surface area contributed by atoms with Crippen molar-refractivity contribution in [2.24, 2.45) is 0 Å². The minimum atomic E-state index is -4.99. The predicted molar refractivity (Wildman–Crippen MR) is 80.6 cm³/mol. The van der Waals surface area contributed by atoms with Gasteiger partial charge in [0.25, 0.3) is 5.91 Å². The van der Waals surface area contributed by atoms with Crippen molar-refractivity contribution in [2.75, 3.05) is 18.4 Å². The summed E-state index contributed by atoms with van der Waals surface area (Å²) in [6, 6.07) is 0.842. The van der Waals surface area contributed by atoms with E-state index in [1.165, 1.54) is 4.90 Å². The van der Waals surface area contributed by atoms with Crippen molar-refractivity contribution in [2.45, 2.75) is 26.2 Å². The fourth-order valence-corrected chi connectivity index (χ4v) is 2.18. The maximum absolute atomic E-state index is 12.8. The van der Waals surface area contributed by atoms with Crippen LogP contribution in [0.1, 0.15) is 25.0 Å². The number of anilines is 1. The zero-order valence-corrected chi connectivity index (χ0v) is 13.5. The molecule has 134 valence electrons. The molecule has 0 fully saturated rings. The van der Waals surface area contributed by atoms with Crippen LogP contribution >= 0.6 is 12.2 Å². The van der Waals surface area contributed by atoms with Gasteiger partial charge in [-0.1, -0.05) is 12.2 Å². The number of halogens is 6. The summed E-state index contributed by atoms with van der Waals surface area (Å²) in [4.78, 5) is 13.2. The van der Waals surface area contributed by atoms with Crippen molar-refractivity contribution in [3.8, 4) is 0 Å². The molecule has 0 aromatic heterocycles. The Kier molecular flexibility index (Phi) is 6.20. The lowest BCUT2D eigenvalue weighted by Crippen LogP contribution is -2.38. The van der Waals surface area contributed by atoms with Crippen LogP contribution in [0.3, 0.4) is 0 Å². The van der Waals surface area contributed by atoms with Gasteiger partial charge >= 0.3 is 12.4 Å². The van der Waals surface area contributed by atoms with E-state index in [2.05, 4.69) is 0 Å². The van der Waals surface area contributed by atoms with E-state index >= 15 is 0 Å². The first-order valence-electron chi connectivity index (χ1n) is 6.79. The molecule has 0 aliphatic heterocycles. The maximum atomic E-state index is 12.8. The Bertz CT molecular complexity index is 590. The summed E-state index contributed by atoms with van der Waals surface area (Å²) in [5.74, 6) is -0.943. The largest absolute Gasteiger partial charge is 0.416 e. The van der Waals surface area contributed by atoms with E-state index in [1.807, 2.05) is 5.32 Å². The van der Waals surface area contributed by atoms with E-state index < -0.39 is 35.1 Å². The third-order valence-corrected chi connectivity index (χ3v) is 3.53. The van der Waals surface area contributed by atoms with E-state index in [-0.39, 0.29) is 11.1 Å². The first kappa shape index (κ1) is 20.2. The molecule has 0 saturated heterocycles. The number of likely N-dealkylation sites (N-methyl/N-ethyl adjacent to an activating group) is 1. The van der Waals surface area contributed by atoms with Gasteiger partial charge in [0.2, 0.25) is 0 Å². The second-order valence-corrected chi connectivity index (χ2v) is 5.11. The number of thiocarbonyl (C=S) groups is 1. The van der Waals surface area contributed by atoms with Crippen LogP contribution in [0.15, 0.2) is 18.2 Å². The lowest BCUT2D eigenvalue weighted by Gasteiger charge is -2.21. The molecule has 0 atom stereocenters. The van der Waals surface area contributed by atoms with Crippen LogP contribution in [0.5, 0.6) is 0 Å². The van der Waals surface area contributed by atoms with Crippen LogP contribution in [-0.4, -0.2) is 28.9 Å². The molecule has 0 unspecified atom stereocenters. The van der Waals surface area contributed by atoms with Crippen molar-refractivity contribution in [1.82, 2.24) is 4.90 Å². The Morgan fingerprint density at radius 1 is 1.00 bits per heavy atom. The first-order chi connectivity index (χ1) is 10.9. The topological polar surface area (TPSA) is 32.3 Å². The summed E-state index contributed by atoms with van der Waals surface area (Å²) in [7, 11) is 0. The molecule has 0 heterocycles. The molecule has 1 aromatic carbocycles. The average Bonchev–Trinajstić information content (AvgIpc) is 2.46. The highest BCUT2D eigenvalue weighted by molar-refractivity contribution is 7.82. The number of carbonyl (C=O) groups is 1. The van der Waals surface area contributed by atoms with Gasteiger partial charge in [0.15, 0.2) is 4.99 Å². The highest BCUT2D eigenvalue weighted by atomic mass is 32.1. The zero-order chi connectivity index (χ0) is 18.7. The lowest BCUT2D eigenvalue weighted by atomic mass is 10.1. The summed E-state index contributed by atoms with van der Waals surface area (Å²) in [6.07, 6.45) is -9.97. The minimum absolute atomic E-state index is 0.0155. The van der Waals surface area contributed by atoms with E-state index in [0.717, 1.165) is 0 Å². The molecule has 1 aromatic rings. The number of rotatable bonds is 3. The summed E-state index contributed by atoms with van der Waals surface area (Å²) < 4.78 is 76.5. The highest BCUT2D eigenvalue weighted by Crippen LogP contribution is 2.37. The van der Waals surface area contributed by atoms with E-state index in [4.69, 9.17) is 12.2 Å². The molecule has 1 rings (SSSR count). The second-order valence-electron chi connectivity index (χ2n) is 4.73. The smallest absolute Gasteiger partial charge is 0.359 e. The molecule has 0 radical (unpaired) electrons. The second kappa shape index (κ2) is 7.37. The third-order valence-electron chi connectivity index (χ3n) is 3.09. The number of alkyl halides is 6. The summed E-state index contributed by atoms with van der Waals surface area (Å²) >= 11 is 4.88. The van der Waals surface area contributed by atoms with Gasteiger partial charge < -0.3 is 10.2 Å². The summed E-state index contributed by atoms with van der Waals surface area (Å²) in [5, 5.41) is 1.99. The SMILES string of the molecule is CCN(CC)C(=S)C(=O)Nc1cc(C(F)(F)F)cc(C(F)(F)F)c1. The minimum Gasteiger partial charge on any atom is -0.359 e. The van der Waals surface area contributed by atoms with Crippen LogP contribution < -0.4 is 5.32 Å². The number of nitrogens with one attached hydrogen (secondary N) is 1. The number of hydrogen-bond acceptors (Lipinski definition) is 2. The molecule has 0 aliphatic rings. The molecule has 0 bridgehead atoms. The molecule has 1 amide bonds. The Labute approximate surface area is 139 Å². The zero-order valence-electron chi connectivity index (χ0n) is 12.7. The van der Waals surface area contributed by atoms with Crippen molar-refractivity contribution in [3.05, 3.63) is 29.3 Å². The highest BCUT2D eigenvalue weighted by Gasteiger charge is 2.37. The van der Waals surface area contributed by atoms with Crippen LogP contribution in [0, 0.1) is 0 Å². The van der Waals surface area contributed by atoms with Gasteiger partial charge in [-0.25, -0.2) is 0 Å². The molecule has 24 heavy (non-hydrogen) atoms. The van der Waals surface area contributed by atoms with Crippen LogP contribution in [-0.2, 0) is 17.1 Å². The maximum Gasteiger partial charge on any atom is 0.416 e. The van der Waals surface area contributed by atoms with Gasteiger partial charge in [0.1, 0.15) is 0 Å². The number of carbonyl (C=O) groups excluding carboxylic acids is 1. The van der Waals surface area contributed by atoms with Crippen LogP contribution in [0.2, 0.25) is 0 Å². The van der Waals surface area contributed by atoms with Gasteiger partial charge in [-0.05, 0) is 32.0 Å². The number of nitrogens with zero attached hydrogens (tertiary/aromatic N) is 1. The Morgan fingerprint density at radius 3 is 1.75 bits per heavy atom. The quantitative estimate of drug-likeness (QED) is 0.633. The van der Waals surface area contributed by atoms with Crippen LogP contribution in [0.25, 0.3) is 0 Å². The number of hydrogen-bond donors (Lipinski definition) is 1. The number of amides is 1. The predicted octanol–water partition coefficient (Wildman–Crippen LogP) is 4.33. The Hall–Kier alpha value is -1.84. The number of benzene rings is 1. The van der Waals surface area contributed by atoms with Gasteiger partial charge in [-0.2, -0.15) is 26.3 Å². The molecule has 0 aliphatic carbocycles. The van der Waals surface area contributed by atoms with E-state index in [9.17, 15) is 31.1 Å². The third kappa shape index (κ3) is 5.08. The van der Waals surface area contributed by atoms with Gasteiger partial charge in [-0.3, -0.25) is 4.79 Å². The molecular weight excluding hydrogens is 358 g/mol. The van der Waals surface area contributed by atoms with Crippen molar-refractivity contribution >= 4 is 28.8 Å². The Morgan fingerprint density at radius 2 is 1.42 bits per heavy atom. The molecule has 0 spiro atoms. The molecular formula is C14H14F6N2OS. The molecule has 3 nitrogen and oxygen atoms in total. The van der Waals surface area contributed by atoms with E-state index in [1.54, 1.807) is 13.8 Å². The standard InChI is InChI=1S/C14H14F6N2OS/c1-3-22(4-2)12(24)11(23)21-10-6-8(13(15,16)17)5-9(7-10)14(18,19)20/h5-7H,3-4H2,1-2H3,(H,21,23). The summed E-state index contributed by atoms with van der Waals surface area (Å²) in [5.41, 5.74) is -3.65. The summed E-state index contributed by atoms with van der Waals surface area (Å²) in [6.45, 7) is 4.16. The van der Waals surface area contributed by atoms with Crippen LogP contribution in [0.4, 0.5) is 32.0 Å². The van der Waals surface area contributed by atoms with Crippen molar-refractivity contribution in [1.29, 1.82) is 0 Å². The molecule has 1 N–H and O–H groups in total. The first-order valence-corrected chi connectivity index (χ1v) is 7.20. The molecule has 0 saturated carbocycles. The molecule has 10 heteroatoms. The lowest BCUT2D eigenvalue weighted by molar-refractivity contribution is -0.143. The van der Waals surface area contributed by atoms with Gasteiger partial charge in [-0.15, -0.1) is 0 Å². The monoisotopic (exact) mass is 372 g/mol. The Balaban J connectivity index is 3.20.